The minimum absolute atomic E-state index is 0.123. The molecule has 0 saturated carbocycles. The monoisotopic (exact) mass is 171 g/mol. The van der Waals surface area contributed by atoms with Crippen LogP contribution in [0.3, 0.4) is 0 Å². The van der Waals surface area contributed by atoms with E-state index in [2.05, 4.69) is 4.98 Å². The van der Waals surface area contributed by atoms with Gasteiger partial charge in [0.25, 0.3) is 5.19 Å². The number of ketones is 1. The van der Waals surface area contributed by atoms with E-state index >= 15 is 0 Å². The number of thiazole rings is 1. The van der Waals surface area contributed by atoms with Gasteiger partial charge in [0, 0.05) is 11.8 Å². The van der Waals surface area contributed by atoms with E-state index in [-0.39, 0.29) is 5.78 Å². The molecular formula is C7H9NO2S. The average molecular weight is 171 g/mol. The highest BCUT2D eigenvalue weighted by Crippen LogP contribution is 2.17. The van der Waals surface area contributed by atoms with Crippen LogP contribution in [0.2, 0.25) is 0 Å². The number of rotatable bonds is 3. The summed E-state index contributed by atoms with van der Waals surface area (Å²) in [4.78, 5) is 14.7. The molecule has 0 bridgehead atoms. The van der Waals surface area contributed by atoms with E-state index in [1.165, 1.54) is 11.3 Å². The molecule has 0 aliphatic carbocycles. The number of hydrogen-bond acceptors (Lipinski definition) is 4. The molecule has 0 aliphatic heterocycles. The van der Waals surface area contributed by atoms with E-state index in [1.807, 2.05) is 5.38 Å². The SMILES string of the molecule is COc1nc(CC(C)=O)cs1. The molecule has 1 heterocycles. The van der Waals surface area contributed by atoms with E-state index in [1.54, 1.807) is 14.0 Å². The van der Waals surface area contributed by atoms with Crippen molar-refractivity contribution in [3.05, 3.63) is 11.1 Å². The smallest absolute Gasteiger partial charge is 0.273 e. The van der Waals surface area contributed by atoms with Gasteiger partial charge in [-0.15, -0.1) is 0 Å². The summed E-state index contributed by atoms with van der Waals surface area (Å²) in [5.74, 6) is 0.123. The van der Waals surface area contributed by atoms with E-state index in [4.69, 9.17) is 4.74 Å². The molecule has 0 unspecified atom stereocenters. The fourth-order valence-corrected chi connectivity index (χ4v) is 1.36. The Labute approximate surface area is 69.0 Å². The lowest BCUT2D eigenvalue weighted by atomic mass is 10.3. The van der Waals surface area contributed by atoms with Crippen LogP contribution in [0.25, 0.3) is 0 Å². The van der Waals surface area contributed by atoms with Gasteiger partial charge in [0.2, 0.25) is 0 Å². The molecule has 0 spiro atoms. The quantitative estimate of drug-likeness (QED) is 0.687. The van der Waals surface area contributed by atoms with E-state index in [9.17, 15) is 4.79 Å². The van der Waals surface area contributed by atoms with Gasteiger partial charge >= 0.3 is 0 Å². The summed E-state index contributed by atoms with van der Waals surface area (Å²) in [7, 11) is 1.57. The minimum atomic E-state index is 0.123. The van der Waals surface area contributed by atoms with Gasteiger partial charge in [0.1, 0.15) is 5.78 Å². The van der Waals surface area contributed by atoms with Crippen molar-refractivity contribution in [1.82, 2.24) is 4.98 Å². The van der Waals surface area contributed by atoms with Gasteiger partial charge in [0.05, 0.1) is 12.8 Å². The summed E-state index contributed by atoms with van der Waals surface area (Å²) < 4.78 is 4.87. The van der Waals surface area contributed by atoms with Crippen LogP contribution in [0.1, 0.15) is 12.6 Å². The predicted octanol–water partition coefficient (Wildman–Crippen LogP) is 1.28. The Kier molecular flexibility index (Phi) is 2.59. The first-order valence-corrected chi connectivity index (χ1v) is 4.08. The Morgan fingerprint density at radius 2 is 2.55 bits per heavy atom. The molecule has 0 saturated heterocycles. The van der Waals surface area contributed by atoms with Crippen molar-refractivity contribution in [3.63, 3.8) is 0 Å². The Bertz CT molecular complexity index is 257. The summed E-state index contributed by atoms with van der Waals surface area (Å²) in [6.07, 6.45) is 0.403. The van der Waals surface area contributed by atoms with E-state index < -0.39 is 0 Å². The van der Waals surface area contributed by atoms with Gasteiger partial charge < -0.3 is 4.74 Å². The lowest BCUT2D eigenvalue weighted by molar-refractivity contribution is -0.116. The Morgan fingerprint density at radius 1 is 1.82 bits per heavy atom. The number of ether oxygens (including phenoxy) is 1. The van der Waals surface area contributed by atoms with E-state index in [0.29, 0.717) is 11.6 Å². The van der Waals surface area contributed by atoms with Crippen molar-refractivity contribution in [3.8, 4) is 5.19 Å². The van der Waals surface area contributed by atoms with Crippen LogP contribution in [0.5, 0.6) is 5.19 Å². The molecule has 0 radical (unpaired) electrons. The third-order valence-electron chi connectivity index (χ3n) is 1.14. The van der Waals surface area contributed by atoms with Crippen LogP contribution in [0.15, 0.2) is 5.38 Å². The zero-order valence-electron chi connectivity index (χ0n) is 6.46. The van der Waals surface area contributed by atoms with Crippen molar-refractivity contribution in [2.24, 2.45) is 0 Å². The summed E-state index contributed by atoms with van der Waals surface area (Å²) in [6.45, 7) is 1.55. The van der Waals surface area contributed by atoms with Gasteiger partial charge in [-0.1, -0.05) is 11.3 Å². The molecule has 0 N–H and O–H groups in total. The Balaban J connectivity index is 2.65. The molecule has 0 aliphatic rings. The maximum atomic E-state index is 10.6. The van der Waals surface area contributed by atoms with Crippen LogP contribution in [0, 0.1) is 0 Å². The Hall–Kier alpha value is -0.900. The van der Waals surface area contributed by atoms with Gasteiger partial charge in [0.15, 0.2) is 0 Å². The molecule has 4 heteroatoms. The third kappa shape index (κ3) is 2.31. The second-order valence-electron chi connectivity index (χ2n) is 2.19. The second-order valence-corrected chi connectivity index (χ2v) is 3.01. The maximum absolute atomic E-state index is 10.6. The molecule has 60 valence electrons. The van der Waals surface area contributed by atoms with Crippen LogP contribution in [-0.2, 0) is 11.2 Å². The normalized spacial score (nSPS) is 9.64. The number of hydrogen-bond donors (Lipinski definition) is 0. The molecular weight excluding hydrogens is 162 g/mol. The highest BCUT2D eigenvalue weighted by atomic mass is 32.1. The number of aromatic nitrogens is 1. The average Bonchev–Trinajstić information content (AvgIpc) is 2.34. The number of carbonyl (C=O) groups excluding carboxylic acids is 1. The fraction of sp³-hybridized carbons (Fsp3) is 0.429. The van der Waals surface area contributed by atoms with Crippen molar-refractivity contribution >= 4 is 17.1 Å². The van der Waals surface area contributed by atoms with Crippen molar-refractivity contribution in [2.45, 2.75) is 13.3 Å². The molecule has 0 amide bonds. The number of carbonyl (C=O) groups is 1. The zero-order valence-corrected chi connectivity index (χ0v) is 7.27. The first kappa shape index (κ1) is 8.20. The standard InChI is InChI=1S/C7H9NO2S/c1-5(9)3-6-4-11-7(8-6)10-2/h4H,3H2,1-2H3. The topological polar surface area (TPSA) is 39.2 Å². The van der Waals surface area contributed by atoms with E-state index in [0.717, 1.165) is 5.69 Å². The van der Waals surface area contributed by atoms with Crippen molar-refractivity contribution < 1.29 is 9.53 Å². The van der Waals surface area contributed by atoms with Crippen molar-refractivity contribution in [1.29, 1.82) is 0 Å². The summed E-state index contributed by atoms with van der Waals surface area (Å²) in [5, 5.41) is 2.45. The van der Waals surface area contributed by atoms with Crippen molar-refractivity contribution in [2.75, 3.05) is 7.11 Å². The van der Waals surface area contributed by atoms with Gasteiger partial charge in [-0.05, 0) is 6.92 Å². The first-order chi connectivity index (χ1) is 5.22. The molecule has 0 fully saturated rings. The van der Waals surface area contributed by atoms with Crippen LogP contribution < -0.4 is 4.74 Å². The molecule has 0 aromatic carbocycles. The molecule has 1 rings (SSSR count). The third-order valence-corrected chi connectivity index (χ3v) is 1.98. The predicted molar refractivity (Wildman–Crippen MR) is 43.1 cm³/mol. The number of methoxy groups -OCH3 is 1. The zero-order chi connectivity index (χ0) is 8.27. The van der Waals surface area contributed by atoms with Crippen LogP contribution in [-0.4, -0.2) is 17.9 Å². The Morgan fingerprint density at radius 3 is 3.00 bits per heavy atom. The first-order valence-electron chi connectivity index (χ1n) is 3.20. The molecule has 1 aromatic rings. The molecule has 0 atom stereocenters. The maximum Gasteiger partial charge on any atom is 0.273 e. The van der Waals surface area contributed by atoms with Gasteiger partial charge in [-0.3, -0.25) is 4.79 Å². The molecule has 3 nitrogen and oxygen atoms in total. The lowest BCUT2D eigenvalue weighted by Crippen LogP contribution is -1.96. The van der Waals surface area contributed by atoms with Crippen LogP contribution in [0.4, 0.5) is 0 Å². The van der Waals surface area contributed by atoms with Gasteiger partial charge in [-0.2, -0.15) is 0 Å². The van der Waals surface area contributed by atoms with Gasteiger partial charge in [-0.25, -0.2) is 4.98 Å². The molecule has 1 aromatic heterocycles. The lowest BCUT2D eigenvalue weighted by Gasteiger charge is -1.89. The summed E-state index contributed by atoms with van der Waals surface area (Å²) in [6, 6.07) is 0. The highest BCUT2D eigenvalue weighted by molar-refractivity contribution is 7.11. The molecule has 11 heavy (non-hydrogen) atoms. The highest BCUT2D eigenvalue weighted by Gasteiger charge is 2.02. The minimum Gasteiger partial charge on any atom is -0.473 e. The largest absolute Gasteiger partial charge is 0.473 e. The number of Topliss-reactive ketones (excluding diaryl/α,β-unsaturated/α-hetero) is 1. The fourth-order valence-electron chi connectivity index (χ4n) is 0.718. The summed E-state index contributed by atoms with van der Waals surface area (Å²) >= 11 is 1.41. The second kappa shape index (κ2) is 3.48. The number of nitrogens with zero attached hydrogens (tertiary/aromatic N) is 1. The van der Waals surface area contributed by atoms with Crippen LogP contribution >= 0.6 is 11.3 Å². The summed E-state index contributed by atoms with van der Waals surface area (Å²) in [5.41, 5.74) is 0.791.